The Morgan fingerprint density at radius 2 is 1.79 bits per heavy atom. The van der Waals surface area contributed by atoms with Crippen molar-refractivity contribution in [3.8, 4) is 5.69 Å². The van der Waals surface area contributed by atoms with Crippen molar-refractivity contribution < 1.29 is 27.5 Å². The van der Waals surface area contributed by atoms with Gasteiger partial charge in [-0.3, -0.25) is 4.79 Å². The number of Topliss-reactive ketones (excluding diaryl/α,β-unsaturated/α-hetero) is 1. The average Bonchev–Trinajstić information content (AvgIpc) is 3.07. The highest BCUT2D eigenvalue weighted by Gasteiger charge is 2.66. The Kier molecular flexibility index (Phi) is 6.13. The molecule has 0 spiro atoms. The number of aliphatic hydroxyl groups is 1. The van der Waals surface area contributed by atoms with E-state index in [0.717, 1.165) is 0 Å². The van der Waals surface area contributed by atoms with Gasteiger partial charge in [0.15, 0.2) is 10.9 Å². The maximum Gasteiger partial charge on any atom is 0.437 e. The molecule has 178 valence electrons. The van der Waals surface area contributed by atoms with Crippen LogP contribution in [-0.4, -0.2) is 37.7 Å². The summed E-state index contributed by atoms with van der Waals surface area (Å²) in [4.78, 5) is 13.4. The number of alkyl halides is 3. The third-order valence-corrected chi connectivity index (χ3v) is 6.16. The number of hydrogen-bond acceptors (Lipinski definition) is 4. The molecule has 2 heterocycles. The summed E-state index contributed by atoms with van der Waals surface area (Å²) in [6.07, 6.45) is -5.28. The largest absolute Gasteiger partial charge is 0.437 e. The third kappa shape index (κ3) is 4.04. The fourth-order valence-corrected chi connectivity index (χ4v) is 4.65. The Morgan fingerprint density at radius 1 is 1.18 bits per heavy atom. The molecule has 6 nitrogen and oxygen atoms in total. The highest BCUT2D eigenvalue weighted by atomic mass is 35.5. The second-order valence-electron chi connectivity index (χ2n) is 7.73. The van der Waals surface area contributed by atoms with Crippen LogP contribution in [0, 0.1) is 18.7 Å². The van der Waals surface area contributed by atoms with Gasteiger partial charge < -0.3 is 15.7 Å². The molecule has 0 radical (unpaired) electrons. The molecule has 2 aromatic carbocycles. The van der Waals surface area contributed by atoms with Gasteiger partial charge >= 0.3 is 6.18 Å². The molecular weight excluding hydrogens is 496 g/mol. The van der Waals surface area contributed by atoms with Crippen LogP contribution < -0.4 is 10.6 Å². The molecule has 3 aromatic rings. The summed E-state index contributed by atoms with van der Waals surface area (Å²) in [6, 6.07) is 10.9. The van der Waals surface area contributed by atoms with Crippen molar-refractivity contribution in [2.24, 2.45) is 5.92 Å². The number of carbonyl (C=O) groups is 1. The summed E-state index contributed by atoms with van der Waals surface area (Å²) >= 11 is 11.5. The first kappa shape index (κ1) is 24.1. The molecule has 12 heteroatoms. The lowest BCUT2D eigenvalue weighted by atomic mass is 9.77. The Bertz CT molecular complexity index is 1250. The van der Waals surface area contributed by atoms with Gasteiger partial charge in [-0.2, -0.15) is 18.3 Å². The highest BCUT2D eigenvalue weighted by Crippen LogP contribution is 2.46. The van der Waals surface area contributed by atoms with Gasteiger partial charge in [0.25, 0.3) is 0 Å². The first-order valence-electron chi connectivity index (χ1n) is 9.92. The van der Waals surface area contributed by atoms with Gasteiger partial charge in [-0.05, 0) is 43.4 Å². The number of carbonyl (C=O) groups excluding carboxylic acids is 1. The van der Waals surface area contributed by atoms with Crippen LogP contribution in [0.5, 0.6) is 0 Å². The van der Waals surface area contributed by atoms with Gasteiger partial charge in [0.05, 0.1) is 17.4 Å². The van der Waals surface area contributed by atoms with Gasteiger partial charge in [0, 0.05) is 11.1 Å². The zero-order valence-corrected chi connectivity index (χ0v) is 19.0. The summed E-state index contributed by atoms with van der Waals surface area (Å²) in [7, 11) is 0. The molecule has 0 saturated carbocycles. The predicted molar refractivity (Wildman–Crippen MR) is 120 cm³/mol. The topological polar surface area (TPSA) is 79.2 Å². The first-order chi connectivity index (χ1) is 15.9. The lowest BCUT2D eigenvalue weighted by Gasteiger charge is -2.46. The van der Waals surface area contributed by atoms with Gasteiger partial charge in [-0.1, -0.05) is 41.9 Å². The maximum atomic E-state index is 14.2. The van der Waals surface area contributed by atoms with Crippen molar-refractivity contribution >= 4 is 34.7 Å². The van der Waals surface area contributed by atoms with Crippen LogP contribution >= 0.6 is 23.8 Å². The van der Waals surface area contributed by atoms with E-state index >= 15 is 0 Å². The SMILES string of the molecule is Cc1nn(-c2ccc(F)cc2)c(Cl)c1C1NC(=S)NC(O)(C(F)(F)F)C1C(=O)c1ccccc1. The fourth-order valence-electron chi connectivity index (χ4n) is 3.98. The molecule has 1 aliphatic heterocycles. The molecule has 1 fully saturated rings. The number of aromatic nitrogens is 2. The summed E-state index contributed by atoms with van der Waals surface area (Å²) in [5.74, 6) is -3.61. The molecule has 3 unspecified atom stereocenters. The minimum Gasteiger partial charge on any atom is -0.363 e. The van der Waals surface area contributed by atoms with Crippen molar-refractivity contribution in [1.82, 2.24) is 20.4 Å². The minimum absolute atomic E-state index is 0.0341. The summed E-state index contributed by atoms with van der Waals surface area (Å²) < 4.78 is 57.1. The molecule has 3 N–H and O–H groups in total. The molecule has 4 rings (SSSR count). The van der Waals surface area contributed by atoms with E-state index < -0.39 is 40.6 Å². The fraction of sp³-hybridized carbons (Fsp3) is 0.227. The Balaban J connectivity index is 1.90. The number of aryl methyl sites for hydroxylation is 1. The van der Waals surface area contributed by atoms with E-state index in [4.69, 9.17) is 23.8 Å². The van der Waals surface area contributed by atoms with Crippen LogP contribution in [0.1, 0.15) is 27.7 Å². The van der Waals surface area contributed by atoms with E-state index in [-0.39, 0.29) is 22.0 Å². The molecule has 34 heavy (non-hydrogen) atoms. The lowest BCUT2D eigenvalue weighted by molar-refractivity contribution is -0.285. The molecule has 3 atom stereocenters. The van der Waals surface area contributed by atoms with E-state index in [1.165, 1.54) is 60.1 Å². The number of thiocarbonyl (C=S) groups is 1. The predicted octanol–water partition coefficient (Wildman–Crippen LogP) is 4.24. The lowest BCUT2D eigenvalue weighted by Crippen LogP contribution is -2.72. The van der Waals surface area contributed by atoms with Gasteiger partial charge in [-0.25, -0.2) is 9.07 Å². The standard InChI is InChI=1S/C22H17ClF4N4O2S/c1-11-15(19(23)31(30-11)14-9-7-13(24)8-10-14)17-16(18(32)12-5-3-2-4-6-12)21(33,22(25,26)27)29-20(34)28-17/h2-10,16-17,33H,1H3,(H2,28,29,34). The van der Waals surface area contributed by atoms with Crippen molar-refractivity contribution in [2.45, 2.75) is 24.9 Å². The second-order valence-corrected chi connectivity index (χ2v) is 8.49. The second kappa shape index (κ2) is 8.64. The van der Waals surface area contributed by atoms with Crippen molar-refractivity contribution in [1.29, 1.82) is 0 Å². The highest BCUT2D eigenvalue weighted by molar-refractivity contribution is 7.80. The zero-order valence-electron chi connectivity index (χ0n) is 17.4. The normalized spacial score (nSPS) is 22.7. The molecule has 1 aromatic heterocycles. The van der Waals surface area contributed by atoms with Crippen LogP contribution in [0.4, 0.5) is 17.6 Å². The van der Waals surface area contributed by atoms with Crippen molar-refractivity contribution in [3.05, 3.63) is 82.4 Å². The van der Waals surface area contributed by atoms with Gasteiger partial charge in [0.2, 0.25) is 5.72 Å². The smallest absolute Gasteiger partial charge is 0.363 e. The summed E-state index contributed by atoms with van der Waals surface area (Å²) in [5.41, 5.74) is -3.18. The number of benzene rings is 2. The van der Waals surface area contributed by atoms with Gasteiger partial charge in [-0.15, -0.1) is 0 Å². The van der Waals surface area contributed by atoms with Crippen LogP contribution in [0.2, 0.25) is 5.15 Å². The number of nitrogens with zero attached hydrogens (tertiary/aromatic N) is 2. The van der Waals surface area contributed by atoms with Crippen LogP contribution in [-0.2, 0) is 0 Å². The van der Waals surface area contributed by atoms with Crippen molar-refractivity contribution in [3.63, 3.8) is 0 Å². The first-order valence-corrected chi connectivity index (χ1v) is 10.7. The number of rotatable bonds is 4. The molecule has 1 aliphatic rings. The van der Waals surface area contributed by atoms with Crippen LogP contribution in [0.15, 0.2) is 54.6 Å². The quantitative estimate of drug-likeness (QED) is 0.276. The monoisotopic (exact) mass is 512 g/mol. The van der Waals surface area contributed by atoms with Crippen molar-refractivity contribution in [2.75, 3.05) is 0 Å². The molecule has 0 amide bonds. The van der Waals surface area contributed by atoms with Gasteiger partial charge in [0.1, 0.15) is 16.9 Å². The Morgan fingerprint density at radius 3 is 2.38 bits per heavy atom. The number of halogens is 5. The summed E-state index contributed by atoms with van der Waals surface area (Å²) in [6.45, 7) is 1.49. The molecule has 0 aliphatic carbocycles. The summed E-state index contributed by atoms with van der Waals surface area (Å²) in [5, 5.41) is 19.0. The van der Waals surface area contributed by atoms with Crippen LogP contribution in [0.3, 0.4) is 0 Å². The van der Waals surface area contributed by atoms with E-state index in [9.17, 15) is 27.5 Å². The molecular formula is C22H17ClF4N4O2S. The Labute approximate surface area is 201 Å². The van der Waals surface area contributed by atoms with E-state index in [1.807, 2.05) is 5.32 Å². The maximum absolute atomic E-state index is 14.2. The third-order valence-electron chi connectivity index (χ3n) is 5.58. The van der Waals surface area contributed by atoms with E-state index in [0.29, 0.717) is 5.69 Å². The van der Waals surface area contributed by atoms with E-state index in [1.54, 1.807) is 6.07 Å². The molecule has 1 saturated heterocycles. The number of nitrogens with one attached hydrogen (secondary N) is 2. The van der Waals surface area contributed by atoms with Crippen LogP contribution in [0.25, 0.3) is 5.69 Å². The minimum atomic E-state index is -5.28. The Hall–Kier alpha value is -3.02. The number of ketones is 1. The average molecular weight is 513 g/mol. The number of hydrogen-bond donors (Lipinski definition) is 3. The zero-order chi connectivity index (χ0) is 24.8. The molecule has 0 bridgehead atoms. The van der Waals surface area contributed by atoms with E-state index in [2.05, 4.69) is 10.4 Å².